The van der Waals surface area contributed by atoms with Crippen molar-refractivity contribution in [2.75, 3.05) is 31.1 Å². The molecule has 2 aromatic carbocycles. The lowest BCUT2D eigenvalue weighted by molar-refractivity contribution is -0.130. The Bertz CT molecular complexity index is 1610. The summed E-state index contributed by atoms with van der Waals surface area (Å²) in [6.45, 7) is 2.59. The van der Waals surface area contributed by atoms with Crippen LogP contribution in [0.4, 0.5) is 10.2 Å². The van der Waals surface area contributed by atoms with Crippen LogP contribution in [0.1, 0.15) is 5.56 Å². The van der Waals surface area contributed by atoms with Crippen LogP contribution in [0.5, 0.6) is 0 Å². The van der Waals surface area contributed by atoms with Crippen LogP contribution in [0.2, 0.25) is 0 Å². The molecule has 0 aliphatic carbocycles. The number of aromatic nitrogens is 5. The lowest BCUT2D eigenvalue weighted by Gasteiger charge is -2.35. The Kier molecular flexibility index (Phi) is 6.25. The van der Waals surface area contributed by atoms with E-state index in [4.69, 9.17) is 4.98 Å². The van der Waals surface area contributed by atoms with Gasteiger partial charge in [-0.3, -0.25) is 9.48 Å². The summed E-state index contributed by atoms with van der Waals surface area (Å²) >= 11 is 0. The van der Waals surface area contributed by atoms with E-state index >= 15 is 0 Å². The number of hydrogen-bond acceptors (Lipinski definition) is 6. The van der Waals surface area contributed by atoms with Crippen LogP contribution >= 0.6 is 0 Å². The highest BCUT2D eigenvalue weighted by molar-refractivity contribution is 5.97. The van der Waals surface area contributed by atoms with E-state index in [9.17, 15) is 9.18 Å². The van der Waals surface area contributed by atoms with Gasteiger partial charge in [-0.2, -0.15) is 5.10 Å². The fourth-order valence-corrected chi connectivity index (χ4v) is 4.91. The molecule has 38 heavy (non-hydrogen) atoms. The Morgan fingerprint density at radius 3 is 2.53 bits per heavy atom. The zero-order chi connectivity index (χ0) is 26.1. The summed E-state index contributed by atoms with van der Waals surface area (Å²) in [6.07, 6.45) is 9.31. The van der Waals surface area contributed by atoms with Gasteiger partial charge < -0.3 is 9.80 Å². The molecule has 1 aliphatic heterocycles. The molecular weight excluding hydrogens is 481 g/mol. The van der Waals surface area contributed by atoms with Crippen molar-refractivity contribution in [3.63, 3.8) is 0 Å². The number of amides is 1. The largest absolute Gasteiger partial charge is 0.353 e. The number of pyridine rings is 1. The maximum Gasteiger partial charge on any atom is 0.227 e. The number of benzene rings is 2. The van der Waals surface area contributed by atoms with Crippen molar-refractivity contribution < 1.29 is 9.18 Å². The zero-order valence-corrected chi connectivity index (χ0v) is 21.0. The zero-order valence-electron chi connectivity index (χ0n) is 21.0. The summed E-state index contributed by atoms with van der Waals surface area (Å²) in [6, 6.07) is 14.5. The van der Waals surface area contributed by atoms with Crippen molar-refractivity contribution in [2.24, 2.45) is 7.05 Å². The van der Waals surface area contributed by atoms with Crippen LogP contribution in [0.25, 0.3) is 33.2 Å². The van der Waals surface area contributed by atoms with Crippen molar-refractivity contribution in [1.29, 1.82) is 0 Å². The molecule has 0 radical (unpaired) electrons. The average molecular weight is 508 g/mol. The van der Waals surface area contributed by atoms with Crippen LogP contribution in [-0.4, -0.2) is 61.7 Å². The highest BCUT2D eigenvalue weighted by atomic mass is 19.1. The van der Waals surface area contributed by atoms with Crippen LogP contribution in [0.3, 0.4) is 0 Å². The number of carbonyl (C=O) groups is 1. The predicted molar refractivity (Wildman–Crippen MR) is 144 cm³/mol. The summed E-state index contributed by atoms with van der Waals surface area (Å²) < 4.78 is 15.2. The molecule has 5 aromatic rings. The lowest BCUT2D eigenvalue weighted by Crippen LogP contribution is -2.49. The van der Waals surface area contributed by atoms with Gasteiger partial charge in [0.15, 0.2) is 0 Å². The molecule has 0 N–H and O–H groups in total. The fraction of sp³-hybridized carbons (Fsp3) is 0.207. The first-order valence-electron chi connectivity index (χ1n) is 12.5. The summed E-state index contributed by atoms with van der Waals surface area (Å²) in [5, 5.41) is 5.26. The summed E-state index contributed by atoms with van der Waals surface area (Å²) in [7, 11) is 1.90. The third-order valence-electron chi connectivity index (χ3n) is 6.92. The third kappa shape index (κ3) is 4.82. The highest BCUT2D eigenvalue weighted by Crippen LogP contribution is 2.33. The first-order valence-corrected chi connectivity index (χ1v) is 12.5. The normalized spacial score (nSPS) is 13.7. The molecule has 8 nitrogen and oxygen atoms in total. The Morgan fingerprint density at radius 2 is 1.79 bits per heavy atom. The van der Waals surface area contributed by atoms with Crippen LogP contribution < -0.4 is 4.90 Å². The molecule has 0 spiro atoms. The molecule has 1 fully saturated rings. The number of fused-ring (bicyclic) bond motifs is 1. The van der Waals surface area contributed by atoms with E-state index in [0.29, 0.717) is 31.7 Å². The molecule has 1 saturated heterocycles. The maximum absolute atomic E-state index is 13.5. The van der Waals surface area contributed by atoms with Gasteiger partial charge in [0.05, 0.1) is 18.1 Å². The van der Waals surface area contributed by atoms with E-state index in [1.165, 1.54) is 12.1 Å². The van der Waals surface area contributed by atoms with Gasteiger partial charge in [0.1, 0.15) is 18.0 Å². The summed E-state index contributed by atoms with van der Waals surface area (Å²) in [5.41, 5.74) is 5.59. The summed E-state index contributed by atoms with van der Waals surface area (Å²) in [5.74, 6) is 0.565. The Morgan fingerprint density at radius 1 is 0.921 bits per heavy atom. The number of carbonyl (C=O) groups excluding carboxylic acids is 1. The van der Waals surface area contributed by atoms with Gasteiger partial charge in [-0.25, -0.2) is 19.3 Å². The molecule has 1 amide bonds. The second-order valence-electron chi connectivity index (χ2n) is 9.46. The number of halogens is 1. The van der Waals surface area contributed by atoms with Gasteiger partial charge in [-0.1, -0.05) is 12.1 Å². The van der Waals surface area contributed by atoms with Gasteiger partial charge in [0.2, 0.25) is 5.91 Å². The van der Waals surface area contributed by atoms with Gasteiger partial charge >= 0.3 is 0 Å². The van der Waals surface area contributed by atoms with Crippen LogP contribution in [-0.2, 0) is 18.3 Å². The molecule has 0 unspecified atom stereocenters. The maximum atomic E-state index is 13.5. The van der Waals surface area contributed by atoms with Gasteiger partial charge in [0, 0.05) is 68.3 Å². The van der Waals surface area contributed by atoms with E-state index in [1.807, 2.05) is 48.9 Å². The number of aryl methyl sites for hydroxylation is 1. The van der Waals surface area contributed by atoms with Crippen LogP contribution in [0.15, 0.2) is 79.6 Å². The van der Waals surface area contributed by atoms with Gasteiger partial charge in [-0.15, -0.1) is 0 Å². The molecule has 3 aromatic heterocycles. The second-order valence-corrected chi connectivity index (χ2v) is 9.46. The second kappa shape index (κ2) is 10.0. The molecule has 4 heterocycles. The van der Waals surface area contributed by atoms with Gasteiger partial charge in [-0.05, 0) is 53.1 Å². The smallest absolute Gasteiger partial charge is 0.227 e. The number of hydrogen-bond donors (Lipinski definition) is 0. The molecular formula is C29H26FN7O. The lowest BCUT2D eigenvalue weighted by atomic mass is 9.97. The van der Waals surface area contributed by atoms with E-state index in [0.717, 1.165) is 39.0 Å². The molecule has 0 atom stereocenters. The van der Waals surface area contributed by atoms with Crippen LogP contribution in [0, 0.1) is 5.82 Å². The summed E-state index contributed by atoms with van der Waals surface area (Å²) in [4.78, 5) is 30.2. The van der Waals surface area contributed by atoms with E-state index in [1.54, 1.807) is 23.1 Å². The molecule has 9 heteroatoms. The number of piperazine rings is 1. The first-order chi connectivity index (χ1) is 18.5. The third-order valence-corrected chi connectivity index (χ3v) is 6.92. The SMILES string of the molecule is Cn1cc(-c2cc(-c3ccc(N4CCN(C(=O)Cc5cccc(F)c5)CC4)nc3)c3cncnc3c2)cn1. The minimum atomic E-state index is -0.320. The molecule has 1 aliphatic rings. The van der Waals surface area contributed by atoms with Crippen molar-refractivity contribution in [3.05, 3.63) is 91.0 Å². The highest BCUT2D eigenvalue weighted by Gasteiger charge is 2.22. The molecule has 0 saturated carbocycles. The molecule has 190 valence electrons. The van der Waals surface area contributed by atoms with Crippen molar-refractivity contribution >= 4 is 22.6 Å². The topological polar surface area (TPSA) is 80.0 Å². The predicted octanol–water partition coefficient (Wildman–Crippen LogP) is 4.12. The van der Waals surface area contributed by atoms with Crippen molar-refractivity contribution in [2.45, 2.75) is 6.42 Å². The molecule has 0 bridgehead atoms. The van der Waals surface area contributed by atoms with E-state index in [2.05, 4.69) is 32.1 Å². The molecule has 6 rings (SSSR count). The standard InChI is InChI=1S/C29H26FN7O/c1-35-18-23(16-34-35)22-13-25(26-17-31-19-33-27(26)14-22)21-5-6-28(32-15-21)36-7-9-37(10-8-36)29(38)12-20-3-2-4-24(30)11-20/h2-6,11,13-19H,7-10,12H2,1H3. The van der Waals surface area contributed by atoms with Gasteiger partial charge in [0.25, 0.3) is 0 Å². The van der Waals surface area contributed by atoms with E-state index in [-0.39, 0.29) is 18.1 Å². The average Bonchev–Trinajstić information content (AvgIpc) is 3.39. The van der Waals surface area contributed by atoms with E-state index < -0.39 is 0 Å². The number of nitrogens with zero attached hydrogens (tertiary/aromatic N) is 7. The van der Waals surface area contributed by atoms with Crippen molar-refractivity contribution in [1.82, 2.24) is 29.6 Å². The monoisotopic (exact) mass is 507 g/mol. The quantitative estimate of drug-likeness (QED) is 0.356. The number of rotatable bonds is 5. The first kappa shape index (κ1) is 23.7. The minimum absolute atomic E-state index is 0.0150. The Balaban J connectivity index is 1.18. The Hall–Kier alpha value is -4.66. The Labute approximate surface area is 219 Å². The minimum Gasteiger partial charge on any atom is -0.353 e. The van der Waals surface area contributed by atoms with Crippen molar-refractivity contribution in [3.8, 4) is 22.3 Å². The number of anilines is 1. The fourth-order valence-electron chi connectivity index (χ4n) is 4.91.